The summed E-state index contributed by atoms with van der Waals surface area (Å²) < 4.78 is 29.9. The molecule has 34 heavy (non-hydrogen) atoms. The maximum absolute atomic E-state index is 13.1. The normalized spacial score (nSPS) is 15.5. The second kappa shape index (κ2) is 10.1. The molecule has 1 aromatic heterocycles. The van der Waals surface area contributed by atoms with Crippen molar-refractivity contribution in [3.63, 3.8) is 0 Å². The van der Waals surface area contributed by atoms with Gasteiger partial charge in [-0.15, -0.1) is 11.3 Å². The number of para-hydroxylation sites is 1. The van der Waals surface area contributed by atoms with Gasteiger partial charge in [-0.3, -0.25) is 0 Å². The van der Waals surface area contributed by atoms with Gasteiger partial charge < -0.3 is 4.57 Å². The topological polar surface area (TPSA) is 54.7 Å². The molecule has 0 aliphatic carbocycles. The molecule has 2 heterocycles. The molecule has 0 atom stereocenters. The van der Waals surface area contributed by atoms with Gasteiger partial charge in [0.1, 0.15) is 0 Å². The fourth-order valence-corrected chi connectivity index (χ4v) is 6.68. The Labute approximate surface area is 204 Å². The van der Waals surface area contributed by atoms with Crippen LogP contribution in [0.4, 0.5) is 5.69 Å². The summed E-state index contributed by atoms with van der Waals surface area (Å²) >= 11 is 1.59. The Morgan fingerprint density at radius 3 is 2.12 bits per heavy atom. The van der Waals surface area contributed by atoms with Crippen LogP contribution in [0.15, 0.2) is 100 Å². The maximum atomic E-state index is 13.1. The van der Waals surface area contributed by atoms with E-state index in [-0.39, 0.29) is 0 Å². The Morgan fingerprint density at radius 2 is 1.44 bits per heavy atom. The highest BCUT2D eigenvalue weighted by Crippen LogP contribution is 2.26. The Bertz CT molecular complexity index is 1400. The number of rotatable bonds is 6. The third-order valence-corrected chi connectivity index (χ3v) is 8.84. The summed E-state index contributed by atoms with van der Waals surface area (Å²) in [4.78, 5) is 6.14. The van der Waals surface area contributed by atoms with Crippen molar-refractivity contribution in [1.82, 2.24) is 8.87 Å². The van der Waals surface area contributed by atoms with Crippen LogP contribution in [0.5, 0.6) is 0 Å². The van der Waals surface area contributed by atoms with Crippen LogP contribution >= 0.6 is 11.3 Å². The van der Waals surface area contributed by atoms with Crippen LogP contribution in [0.25, 0.3) is 11.3 Å². The van der Waals surface area contributed by atoms with Gasteiger partial charge >= 0.3 is 0 Å². The molecule has 3 aromatic carbocycles. The number of benzene rings is 3. The fraction of sp³-hybridized carbons (Fsp3) is 0.222. The lowest BCUT2D eigenvalue weighted by Crippen LogP contribution is -2.35. The van der Waals surface area contributed by atoms with Gasteiger partial charge in [0.05, 0.1) is 22.8 Å². The first kappa shape index (κ1) is 22.8. The van der Waals surface area contributed by atoms with Crippen LogP contribution in [0.3, 0.4) is 0 Å². The maximum Gasteiger partial charge on any atom is 0.243 e. The molecule has 1 aliphatic rings. The molecule has 0 saturated carbocycles. The predicted octanol–water partition coefficient (Wildman–Crippen LogP) is 5.67. The Morgan fingerprint density at radius 1 is 0.794 bits per heavy atom. The van der Waals surface area contributed by atoms with Crippen molar-refractivity contribution in [2.45, 2.75) is 30.7 Å². The number of hydrogen-bond acceptors (Lipinski definition) is 4. The number of sulfonamides is 1. The van der Waals surface area contributed by atoms with Crippen molar-refractivity contribution in [2.75, 3.05) is 13.1 Å². The Kier molecular flexibility index (Phi) is 6.76. The quantitative estimate of drug-likeness (QED) is 0.350. The second-order valence-electron chi connectivity index (χ2n) is 8.41. The number of hydrogen-bond donors (Lipinski definition) is 0. The molecular weight excluding hydrogens is 462 g/mol. The molecule has 174 valence electrons. The highest BCUT2D eigenvalue weighted by atomic mass is 32.2. The molecule has 5 nitrogen and oxygen atoms in total. The number of piperidine rings is 1. The first-order valence-electron chi connectivity index (χ1n) is 11.5. The molecule has 0 unspecified atom stereocenters. The first-order chi connectivity index (χ1) is 16.6. The third kappa shape index (κ3) is 4.92. The van der Waals surface area contributed by atoms with Crippen molar-refractivity contribution >= 4 is 27.0 Å². The van der Waals surface area contributed by atoms with Gasteiger partial charge in [-0.05, 0) is 48.2 Å². The van der Waals surface area contributed by atoms with Crippen LogP contribution < -0.4 is 4.80 Å². The standard InChI is InChI=1S/C27H27N3O2S2/c31-34(32,29-18-8-3-9-19-29)25-16-14-23(15-17-25)26-21-33-27(28-24-12-6-2-7-13-24)30(26)20-22-10-4-1-5-11-22/h1-2,4-7,10-17,21H,3,8-9,18-20H2. The summed E-state index contributed by atoms with van der Waals surface area (Å²) in [7, 11) is -3.44. The van der Waals surface area contributed by atoms with Gasteiger partial charge in [-0.2, -0.15) is 4.31 Å². The van der Waals surface area contributed by atoms with Crippen molar-refractivity contribution in [3.8, 4) is 11.3 Å². The van der Waals surface area contributed by atoms with E-state index in [0.29, 0.717) is 24.5 Å². The molecule has 1 fully saturated rings. The lowest BCUT2D eigenvalue weighted by molar-refractivity contribution is 0.346. The zero-order valence-corrected chi connectivity index (χ0v) is 20.5. The number of aromatic nitrogens is 1. The van der Waals surface area contributed by atoms with Gasteiger partial charge in [-0.1, -0.05) is 67.1 Å². The Balaban J connectivity index is 1.52. The zero-order valence-electron chi connectivity index (χ0n) is 18.9. The first-order valence-corrected chi connectivity index (χ1v) is 13.9. The third-order valence-electron chi connectivity index (χ3n) is 6.07. The molecule has 1 saturated heterocycles. The van der Waals surface area contributed by atoms with E-state index in [2.05, 4.69) is 22.1 Å². The zero-order chi connectivity index (χ0) is 23.4. The monoisotopic (exact) mass is 489 g/mol. The number of nitrogens with zero attached hydrogens (tertiary/aromatic N) is 3. The minimum Gasteiger partial charge on any atom is -0.312 e. The minimum absolute atomic E-state index is 0.359. The average Bonchev–Trinajstić information content (AvgIpc) is 3.27. The summed E-state index contributed by atoms with van der Waals surface area (Å²) in [5, 5.41) is 2.10. The largest absolute Gasteiger partial charge is 0.312 e. The molecule has 0 N–H and O–H groups in total. The van der Waals surface area contributed by atoms with E-state index in [1.54, 1.807) is 27.8 Å². The van der Waals surface area contributed by atoms with Crippen molar-refractivity contribution in [3.05, 3.63) is 101 Å². The summed E-state index contributed by atoms with van der Waals surface area (Å²) in [6, 6.07) is 27.5. The number of thiazole rings is 1. The molecule has 7 heteroatoms. The van der Waals surface area contributed by atoms with E-state index in [0.717, 1.165) is 41.0 Å². The van der Waals surface area contributed by atoms with Crippen LogP contribution in [-0.2, 0) is 16.6 Å². The van der Waals surface area contributed by atoms with Crippen LogP contribution in [-0.4, -0.2) is 30.4 Å². The highest BCUT2D eigenvalue weighted by Gasteiger charge is 2.25. The molecule has 5 rings (SSSR count). The van der Waals surface area contributed by atoms with E-state index >= 15 is 0 Å². The molecule has 0 bridgehead atoms. The smallest absolute Gasteiger partial charge is 0.243 e. The van der Waals surface area contributed by atoms with Gasteiger partial charge in [0.2, 0.25) is 10.0 Å². The highest BCUT2D eigenvalue weighted by molar-refractivity contribution is 7.89. The van der Waals surface area contributed by atoms with Crippen molar-refractivity contribution < 1.29 is 8.42 Å². The predicted molar refractivity (Wildman–Crippen MR) is 138 cm³/mol. The second-order valence-corrected chi connectivity index (χ2v) is 11.2. The summed E-state index contributed by atoms with van der Waals surface area (Å²) in [5.41, 5.74) is 4.08. The summed E-state index contributed by atoms with van der Waals surface area (Å²) in [5.74, 6) is 0. The lowest BCUT2D eigenvalue weighted by atomic mass is 10.1. The average molecular weight is 490 g/mol. The van der Waals surface area contributed by atoms with Crippen LogP contribution in [0.1, 0.15) is 24.8 Å². The van der Waals surface area contributed by atoms with Gasteiger partial charge in [0.25, 0.3) is 0 Å². The molecule has 0 radical (unpaired) electrons. The van der Waals surface area contributed by atoms with Crippen LogP contribution in [0, 0.1) is 0 Å². The van der Waals surface area contributed by atoms with Crippen LogP contribution in [0.2, 0.25) is 0 Å². The summed E-state index contributed by atoms with van der Waals surface area (Å²) in [6.07, 6.45) is 2.96. The molecule has 0 spiro atoms. The van der Waals surface area contributed by atoms with Gasteiger partial charge in [0, 0.05) is 18.5 Å². The van der Waals surface area contributed by atoms with Crippen molar-refractivity contribution in [2.24, 2.45) is 4.99 Å². The summed E-state index contributed by atoms with van der Waals surface area (Å²) in [6.45, 7) is 1.89. The van der Waals surface area contributed by atoms with E-state index in [1.165, 1.54) is 5.56 Å². The SMILES string of the molecule is O=S(=O)(c1ccc(-c2csc(=Nc3ccccc3)n2Cc2ccccc2)cc1)N1CCCCC1. The molecule has 0 amide bonds. The lowest BCUT2D eigenvalue weighted by Gasteiger charge is -2.25. The molecular formula is C27H27N3O2S2. The van der Waals surface area contributed by atoms with Gasteiger partial charge in [-0.25, -0.2) is 13.4 Å². The Hall–Kier alpha value is -3.00. The van der Waals surface area contributed by atoms with Crippen molar-refractivity contribution in [1.29, 1.82) is 0 Å². The minimum atomic E-state index is -3.44. The molecule has 1 aliphatic heterocycles. The van der Waals surface area contributed by atoms with E-state index in [9.17, 15) is 8.42 Å². The van der Waals surface area contributed by atoms with E-state index in [1.807, 2.05) is 60.7 Å². The molecule has 4 aromatic rings. The van der Waals surface area contributed by atoms with E-state index < -0.39 is 10.0 Å². The fourth-order valence-electron chi connectivity index (χ4n) is 4.23. The van der Waals surface area contributed by atoms with E-state index in [4.69, 9.17) is 4.99 Å². The van der Waals surface area contributed by atoms with Gasteiger partial charge in [0.15, 0.2) is 4.80 Å².